The van der Waals surface area contributed by atoms with Crippen LogP contribution in [0.25, 0.3) is 0 Å². The molecule has 0 heterocycles. The van der Waals surface area contributed by atoms with Crippen molar-refractivity contribution in [3.05, 3.63) is 130 Å². The van der Waals surface area contributed by atoms with Crippen molar-refractivity contribution in [1.82, 2.24) is 0 Å². The van der Waals surface area contributed by atoms with Gasteiger partial charge < -0.3 is 9.47 Å². The average Bonchev–Trinajstić information content (AvgIpc) is 3.34. The van der Waals surface area contributed by atoms with Crippen LogP contribution in [0.3, 0.4) is 0 Å². The van der Waals surface area contributed by atoms with Gasteiger partial charge >= 0.3 is 13.2 Å². The predicted octanol–water partition coefficient (Wildman–Crippen LogP) is 19.5. The van der Waals surface area contributed by atoms with E-state index in [0.29, 0.717) is 18.3 Å². The standard InChI is InChI=1S/C61H84F4O2/c1-3-5-7-9-11-13-15-17-19-46-20-28-50(29-21-46)52-32-24-48(25-33-52)44-59(55-38-42-57(43-39-55)67-61(64)65)58(45-49-26-40-56(41-27-49)66-60(62)63)54-36-34-53(35-37-54)51-30-22-47(23-31-51)18-16-14-12-10-8-6-4-2/h24-27,32-43,46-47,50-51,58-61H,3-23,28-31,44-45H2,1-2H3. The van der Waals surface area contributed by atoms with Gasteiger partial charge in [0.2, 0.25) is 0 Å². The summed E-state index contributed by atoms with van der Waals surface area (Å²) in [5.41, 5.74) is 7.36. The molecular formula is C61H84F4O2. The van der Waals surface area contributed by atoms with Crippen molar-refractivity contribution in [2.75, 3.05) is 0 Å². The van der Waals surface area contributed by atoms with Gasteiger partial charge in [0.25, 0.3) is 0 Å². The summed E-state index contributed by atoms with van der Waals surface area (Å²) in [6, 6.07) is 32.9. The molecule has 0 amide bonds. The molecule has 368 valence electrons. The Morgan fingerprint density at radius 3 is 1.07 bits per heavy atom. The number of hydrogen-bond donors (Lipinski definition) is 0. The molecule has 2 fully saturated rings. The second-order valence-corrected chi connectivity index (χ2v) is 20.6. The number of benzene rings is 4. The summed E-state index contributed by atoms with van der Waals surface area (Å²) in [5.74, 6) is 3.17. The van der Waals surface area contributed by atoms with Gasteiger partial charge in [0.1, 0.15) is 11.5 Å². The summed E-state index contributed by atoms with van der Waals surface area (Å²) in [5, 5.41) is 0. The van der Waals surface area contributed by atoms with Gasteiger partial charge in [-0.1, -0.05) is 196 Å². The first-order valence-electron chi connectivity index (χ1n) is 27.0. The number of hydrogen-bond acceptors (Lipinski definition) is 2. The lowest BCUT2D eigenvalue weighted by Gasteiger charge is -2.31. The minimum Gasteiger partial charge on any atom is -0.435 e. The lowest BCUT2D eigenvalue weighted by molar-refractivity contribution is -0.0505. The highest BCUT2D eigenvalue weighted by molar-refractivity contribution is 5.39. The maximum absolute atomic E-state index is 13.3. The van der Waals surface area contributed by atoms with Crippen LogP contribution < -0.4 is 9.47 Å². The molecule has 6 rings (SSSR count). The Labute approximate surface area is 403 Å². The summed E-state index contributed by atoms with van der Waals surface area (Å²) < 4.78 is 62.3. The van der Waals surface area contributed by atoms with Gasteiger partial charge in [0.05, 0.1) is 0 Å². The molecule has 67 heavy (non-hydrogen) atoms. The van der Waals surface area contributed by atoms with Crippen LogP contribution in [0.15, 0.2) is 97.1 Å². The van der Waals surface area contributed by atoms with Crippen molar-refractivity contribution in [1.29, 1.82) is 0 Å². The second-order valence-electron chi connectivity index (χ2n) is 20.6. The zero-order valence-electron chi connectivity index (χ0n) is 41.3. The summed E-state index contributed by atoms with van der Waals surface area (Å²) >= 11 is 0. The third-order valence-electron chi connectivity index (χ3n) is 15.7. The number of alkyl halides is 4. The SMILES string of the molecule is CCCCCCCCCCC1CCC(c2ccc(CC(c3ccc(OC(F)F)cc3)C(Cc3ccc(OC(F)F)cc3)c3ccc(C4CCC(CCCCCCCCC)CC4)cc3)cc2)CC1. The molecule has 2 unspecified atom stereocenters. The maximum atomic E-state index is 13.3. The molecule has 6 heteroatoms. The lowest BCUT2D eigenvalue weighted by Crippen LogP contribution is -2.18. The first-order chi connectivity index (χ1) is 32.8. The highest BCUT2D eigenvalue weighted by Crippen LogP contribution is 2.43. The number of halogens is 4. The Morgan fingerprint density at radius 1 is 0.388 bits per heavy atom. The van der Waals surface area contributed by atoms with Crippen LogP contribution in [-0.2, 0) is 12.8 Å². The minimum atomic E-state index is -2.89. The van der Waals surface area contributed by atoms with Crippen LogP contribution in [0.2, 0.25) is 0 Å². The van der Waals surface area contributed by atoms with E-state index in [-0.39, 0.29) is 23.3 Å². The molecule has 0 bridgehead atoms. The van der Waals surface area contributed by atoms with Gasteiger partial charge in [-0.15, -0.1) is 0 Å². The van der Waals surface area contributed by atoms with Crippen LogP contribution in [0.4, 0.5) is 17.6 Å². The van der Waals surface area contributed by atoms with E-state index < -0.39 is 13.2 Å². The molecule has 0 aromatic heterocycles. The monoisotopic (exact) mass is 925 g/mol. The van der Waals surface area contributed by atoms with E-state index in [2.05, 4.69) is 62.4 Å². The molecule has 2 aliphatic rings. The number of ether oxygens (including phenoxy) is 2. The van der Waals surface area contributed by atoms with E-state index in [9.17, 15) is 17.6 Å². The molecule has 0 saturated heterocycles. The fourth-order valence-electron chi connectivity index (χ4n) is 11.7. The molecule has 0 radical (unpaired) electrons. The zero-order valence-corrected chi connectivity index (χ0v) is 41.3. The fourth-order valence-corrected chi connectivity index (χ4v) is 11.7. The highest BCUT2D eigenvalue weighted by atomic mass is 19.3. The molecule has 0 N–H and O–H groups in total. The first-order valence-corrected chi connectivity index (χ1v) is 27.0. The number of rotatable bonds is 30. The summed E-state index contributed by atoms with van der Waals surface area (Å²) in [4.78, 5) is 0. The molecule has 2 nitrogen and oxygen atoms in total. The van der Waals surface area contributed by atoms with Crippen molar-refractivity contribution in [3.8, 4) is 11.5 Å². The van der Waals surface area contributed by atoms with Crippen molar-refractivity contribution in [2.45, 2.75) is 224 Å². The molecule has 0 aliphatic heterocycles. The Kier molecular flexibility index (Phi) is 23.0. The minimum absolute atomic E-state index is 0.00602. The van der Waals surface area contributed by atoms with Crippen LogP contribution in [-0.4, -0.2) is 13.2 Å². The first kappa shape index (κ1) is 52.6. The molecule has 2 saturated carbocycles. The van der Waals surface area contributed by atoms with Crippen molar-refractivity contribution in [3.63, 3.8) is 0 Å². The predicted molar refractivity (Wildman–Crippen MR) is 271 cm³/mol. The summed E-state index contributed by atoms with van der Waals surface area (Å²) in [6.07, 6.45) is 35.0. The number of unbranched alkanes of at least 4 members (excludes halogenated alkanes) is 13. The normalized spacial score (nSPS) is 19.7. The smallest absolute Gasteiger partial charge is 0.387 e. The summed E-state index contributed by atoms with van der Waals surface area (Å²) in [6.45, 7) is -1.22. The molecular weight excluding hydrogens is 841 g/mol. The van der Waals surface area contributed by atoms with Crippen molar-refractivity contribution < 1.29 is 27.0 Å². The van der Waals surface area contributed by atoms with E-state index in [1.165, 1.54) is 183 Å². The Bertz CT molecular complexity index is 1880. The van der Waals surface area contributed by atoms with Gasteiger partial charge in [-0.25, -0.2) is 0 Å². The maximum Gasteiger partial charge on any atom is 0.387 e. The summed E-state index contributed by atoms with van der Waals surface area (Å²) in [7, 11) is 0. The molecule has 2 atom stereocenters. The van der Waals surface area contributed by atoms with E-state index >= 15 is 0 Å². The Balaban J connectivity index is 1.15. The third-order valence-corrected chi connectivity index (χ3v) is 15.7. The second kappa shape index (κ2) is 29.3. The van der Waals surface area contributed by atoms with E-state index in [1.807, 2.05) is 24.3 Å². The van der Waals surface area contributed by atoms with Gasteiger partial charge in [0, 0.05) is 0 Å². The molecule has 2 aliphatic carbocycles. The van der Waals surface area contributed by atoms with E-state index in [1.54, 1.807) is 24.3 Å². The van der Waals surface area contributed by atoms with Crippen LogP contribution >= 0.6 is 0 Å². The van der Waals surface area contributed by atoms with Gasteiger partial charge in [-0.05, 0) is 157 Å². The van der Waals surface area contributed by atoms with E-state index in [4.69, 9.17) is 9.47 Å². The lowest BCUT2D eigenvalue weighted by atomic mass is 9.73. The van der Waals surface area contributed by atoms with Gasteiger partial charge in [0.15, 0.2) is 0 Å². The largest absolute Gasteiger partial charge is 0.435 e. The Hall–Kier alpha value is -3.80. The zero-order chi connectivity index (χ0) is 47.1. The van der Waals surface area contributed by atoms with Crippen molar-refractivity contribution in [2.24, 2.45) is 11.8 Å². The fraction of sp³-hybridized carbons (Fsp3) is 0.607. The van der Waals surface area contributed by atoms with Gasteiger partial charge in [-0.2, -0.15) is 17.6 Å². The molecule has 4 aromatic carbocycles. The highest BCUT2D eigenvalue weighted by Gasteiger charge is 2.29. The quantitative estimate of drug-likeness (QED) is 0.0383. The van der Waals surface area contributed by atoms with Crippen LogP contribution in [0.5, 0.6) is 11.5 Å². The molecule has 4 aromatic rings. The van der Waals surface area contributed by atoms with Crippen LogP contribution in [0.1, 0.15) is 231 Å². The van der Waals surface area contributed by atoms with Crippen molar-refractivity contribution >= 4 is 0 Å². The topological polar surface area (TPSA) is 18.5 Å². The average molecular weight is 925 g/mol. The Morgan fingerprint density at radius 2 is 0.701 bits per heavy atom. The van der Waals surface area contributed by atoms with Gasteiger partial charge in [-0.3, -0.25) is 0 Å². The third kappa shape index (κ3) is 18.2. The van der Waals surface area contributed by atoms with Crippen LogP contribution in [0, 0.1) is 11.8 Å². The molecule has 0 spiro atoms. The van der Waals surface area contributed by atoms with E-state index in [0.717, 1.165) is 29.4 Å².